The fourth-order valence-electron chi connectivity index (χ4n) is 2.87. The summed E-state index contributed by atoms with van der Waals surface area (Å²) in [6.45, 7) is 2.64. The van der Waals surface area contributed by atoms with Crippen LogP contribution in [-0.4, -0.2) is 47.0 Å². The average molecular weight is 382 g/mol. The molecule has 1 saturated heterocycles. The molecule has 1 aliphatic heterocycles. The molecular weight excluding hydrogens is 358 g/mol. The monoisotopic (exact) mass is 381 g/mol. The first-order chi connectivity index (χ1) is 11.9. The summed E-state index contributed by atoms with van der Waals surface area (Å²) >= 11 is 1.59. The molecule has 2 aromatic rings. The van der Waals surface area contributed by atoms with Crippen LogP contribution >= 0.6 is 11.8 Å². The molecule has 0 amide bonds. The quantitative estimate of drug-likeness (QED) is 0.541. The van der Waals surface area contributed by atoms with Crippen molar-refractivity contribution in [2.24, 2.45) is 13.0 Å². The third-order valence-electron chi connectivity index (χ3n) is 4.33. The Morgan fingerprint density at radius 2 is 2.04 bits per heavy atom. The van der Waals surface area contributed by atoms with Crippen molar-refractivity contribution in [3.05, 3.63) is 35.7 Å². The first kappa shape index (κ1) is 18.3. The highest BCUT2D eigenvalue weighted by Gasteiger charge is 2.29. The van der Waals surface area contributed by atoms with Gasteiger partial charge in [-0.1, -0.05) is 29.5 Å². The number of thioether (sulfide) groups is 1. The standard InChI is InChI=1S/C17H23N3O3S2/c1-13-3-5-15(6-4-13)23-8-9-24-17-19-18-16(20(17)2)11-14-7-10-25(21,22)12-14/h3-6,14H,7-12H2,1-2H3/t14-/m1/s1. The molecule has 1 fully saturated rings. The smallest absolute Gasteiger partial charge is 0.191 e. The molecule has 1 aliphatic rings. The van der Waals surface area contributed by atoms with Gasteiger partial charge in [-0.3, -0.25) is 0 Å². The summed E-state index contributed by atoms with van der Waals surface area (Å²) in [4.78, 5) is 0. The van der Waals surface area contributed by atoms with Crippen molar-refractivity contribution in [3.8, 4) is 5.75 Å². The zero-order valence-electron chi connectivity index (χ0n) is 14.5. The highest BCUT2D eigenvalue weighted by Crippen LogP contribution is 2.23. The largest absolute Gasteiger partial charge is 0.493 e. The third kappa shape index (κ3) is 4.98. The summed E-state index contributed by atoms with van der Waals surface area (Å²) in [5, 5.41) is 9.29. The van der Waals surface area contributed by atoms with Gasteiger partial charge in [0, 0.05) is 19.2 Å². The summed E-state index contributed by atoms with van der Waals surface area (Å²) < 4.78 is 30.8. The lowest BCUT2D eigenvalue weighted by atomic mass is 10.1. The second-order valence-corrected chi connectivity index (χ2v) is 9.73. The number of benzene rings is 1. The first-order valence-corrected chi connectivity index (χ1v) is 11.1. The molecule has 2 heterocycles. The van der Waals surface area contributed by atoms with Gasteiger partial charge in [-0.15, -0.1) is 10.2 Å². The van der Waals surface area contributed by atoms with Gasteiger partial charge in [0.2, 0.25) is 0 Å². The highest BCUT2D eigenvalue weighted by atomic mass is 32.2. The number of hydrogen-bond acceptors (Lipinski definition) is 6. The second-order valence-electron chi connectivity index (χ2n) is 6.44. The van der Waals surface area contributed by atoms with E-state index in [1.54, 1.807) is 11.8 Å². The summed E-state index contributed by atoms with van der Waals surface area (Å²) in [5.74, 6) is 3.23. The van der Waals surface area contributed by atoms with Crippen molar-refractivity contribution in [2.45, 2.75) is 24.9 Å². The normalized spacial score (nSPS) is 19.2. The molecule has 6 nitrogen and oxygen atoms in total. The Bertz CT molecular complexity index is 816. The Hall–Kier alpha value is -1.54. The zero-order chi connectivity index (χ0) is 17.9. The van der Waals surface area contributed by atoms with Crippen LogP contribution in [0.25, 0.3) is 0 Å². The third-order valence-corrected chi connectivity index (χ3v) is 7.15. The molecule has 1 atom stereocenters. The van der Waals surface area contributed by atoms with Gasteiger partial charge >= 0.3 is 0 Å². The van der Waals surface area contributed by atoms with Crippen LogP contribution in [0.3, 0.4) is 0 Å². The molecule has 0 N–H and O–H groups in total. The van der Waals surface area contributed by atoms with E-state index in [-0.39, 0.29) is 11.7 Å². The number of ether oxygens (including phenoxy) is 1. The van der Waals surface area contributed by atoms with E-state index in [0.29, 0.717) is 18.8 Å². The van der Waals surface area contributed by atoms with Gasteiger partial charge in [-0.2, -0.15) is 0 Å². The number of hydrogen-bond donors (Lipinski definition) is 0. The van der Waals surface area contributed by atoms with Gasteiger partial charge in [0.25, 0.3) is 0 Å². The highest BCUT2D eigenvalue weighted by molar-refractivity contribution is 7.99. The van der Waals surface area contributed by atoms with Crippen LogP contribution in [-0.2, 0) is 23.3 Å². The maximum atomic E-state index is 11.6. The lowest BCUT2D eigenvalue weighted by Crippen LogP contribution is -2.11. The van der Waals surface area contributed by atoms with Gasteiger partial charge in [-0.05, 0) is 31.4 Å². The maximum absolute atomic E-state index is 11.6. The minimum absolute atomic E-state index is 0.163. The van der Waals surface area contributed by atoms with Crippen molar-refractivity contribution in [1.29, 1.82) is 0 Å². The molecule has 1 aromatic carbocycles. The average Bonchev–Trinajstić information content (AvgIpc) is 3.09. The lowest BCUT2D eigenvalue weighted by molar-refractivity contribution is 0.343. The molecule has 0 aliphatic carbocycles. The fourth-order valence-corrected chi connectivity index (χ4v) is 5.48. The molecule has 0 bridgehead atoms. The Morgan fingerprint density at radius 3 is 2.72 bits per heavy atom. The van der Waals surface area contributed by atoms with E-state index in [4.69, 9.17) is 4.74 Å². The predicted molar refractivity (Wildman–Crippen MR) is 98.9 cm³/mol. The molecule has 0 radical (unpaired) electrons. The number of sulfone groups is 1. The topological polar surface area (TPSA) is 74.1 Å². The summed E-state index contributed by atoms with van der Waals surface area (Å²) in [6, 6.07) is 7.99. The van der Waals surface area contributed by atoms with E-state index in [1.807, 2.05) is 42.8 Å². The lowest BCUT2D eigenvalue weighted by Gasteiger charge is -2.08. The van der Waals surface area contributed by atoms with Crippen LogP contribution in [0, 0.1) is 12.8 Å². The second kappa shape index (κ2) is 7.78. The van der Waals surface area contributed by atoms with Crippen LogP contribution < -0.4 is 4.74 Å². The predicted octanol–water partition coefficient (Wildman–Crippen LogP) is 2.27. The molecule has 3 rings (SSSR count). The van der Waals surface area contributed by atoms with Crippen molar-refractivity contribution in [1.82, 2.24) is 14.8 Å². The van der Waals surface area contributed by atoms with Crippen LogP contribution in [0.15, 0.2) is 29.4 Å². The molecule has 25 heavy (non-hydrogen) atoms. The van der Waals surface area contributed by atoms with Crippen LogP contribution in [0.5, 0.6) is 5.75 Å². The van der Waals surface area contributed by atoms with E-state index in [2.05, 4.69) is 10.2 Å². The Balaban J connectivity index is 1.47. The van der Waals surface area contributed by atoms with Gasteiger partial charge in [-0.25, -0.2) is 8.42 Å². The summed E-state index contributed by atoms with van der Waals surface area (Å²) in [6.07, 6.45) is 1.39. The SMILES string of the molecule is Cc1ccc(OCCSc2nnc(C[C@H]3CCS(=O)(=O)C3)n2C)cc1. The zero-order valence-corrected chi connectivity index (χ0v) is 16.1. The van der Waals surface area contributed by atoms with Crippen LogP contribution in [0.1, 0.15) is 17.8 Å². The molecule has 0 unspecified atom stereocenters. The Labute approximate surface area is 152 Å². The molecule has 0 spiro atoms. The summed E-state index contributed by atoms with van der Waals surface area (Å²) in [7, 11) is -0.915. The molecule has 1 aromatic heterocycles. The Kier molecular flexibility index (Phi) is 5.68. The molecule has 0 saturated carbocycles. The number of aryl methyl sites for hydroxylation is 1. The van der Waals surface area contributed by atoms with Crippen LogP contribution in [0.2, 0.25) is 0 Å². The van der Waals surface area contributed by atoms with Gasteiger partial charge in [0.1, 0.15) is 11.6 Å². The van der Waals surface area contributed by atoms with Crippen molar-refractivity contribution in [2.75, 3.05) is 23.9 Å². The maximum Gasteiger partial charge on any atom is 0.191 e. The van der Waals surface area contributed by atoms with Gasteiger partial charge in [0.15, 0.2) is 15.0 Å². The van der Waals surface area contributed by atoms with Crippen molar-refractivity contribution >= 4 is 21.6 Å². The number of nitrogens with zero attached hydrogens (tertiary/aromatic N) is 3. The van der Waals surface area contributed by atoms with Crippen molar-refractivity contribution in [3.63, 3.8) is 0 Å². The molecular formula is C17H23N3O3S2. The molecule has 136 valence electrons. The molecule has 8 heteroatoms. The van der Waals surface area contributed by atoms with Crippen LogP contribution in [0.4, 0.5) is 0 Å². The van der Waals surface area contributed by atoms with E-state index in [9.17, 15) is 8.42 Å². The van der Waals surface area contributed by atoms with E-state index < -0.39 is 9.84 Å². The Morgan fingerprint density at radius 1 is 1.28 bits per heavy atom. The number of rotatable bonds is 7. The van der Waals surface area contributed by atoms with Crippen molar-refractivity contribution < 1.29 is 13.2 Å². The first-order valence-electron chi connectivity index (χ1n) is 8.34. The minimum Gasteiger partial charge on any atom is -0.493 e. The van der Waals surface area contributed by atoms with Gasteiger partial charge < -0.3 is 9.30 Å². The van der Waals surface area contributed by atoms with E-state index >= 15 is 0 Å². The summed E-state index contributed by atoms with van der Waals surface area (Å²) in [5.41, 5.74) is 1.21. The minimum atomic E-state index is -2.85. The van der Waals surface area contributed by atoms with Gasteiger partial charge in [0.05, 0.1) is 18.1 Å². The van der Waals surface area contributed by atoms with E-state index in [0.717, 1.165) is 28.9 Å². The number of aromatic nitrogens is 3. The van der Waals surface area contributed by atoms with E-state index in [1.165, 1.54) is 5.56 Å². The fraction of sp³-hybridized carbons (Fsp3) is 0.529.